The SMILES string of the molecule is CCCCCOC(=O)N1CCC2=C(C1)SC(NC(=O)c1ccccc1)C2C#N. The van der Waals surface area contributed by atoms with Crippen LogP contribution in [-0.4, -0.2) is 42.0 Å². The van der Waals surface area contributed by atoms with Crippen molar-refractivity contribution in [2.24, 2.45) is 5.92 Å². The predicted octanol–water partition coefficient (Wildman–Crippen LogP) is 3.92. The van der Waals surface area contributed by atoms with Crippen molar-refractivity contribution in [3.63, 3.8) is 0 Å². The molecule has 0 radical (unpaired) electrons. The molecule has 0 aliphatic carbocycles. The molecule has 7 heteroatoms. The van der Waals surface area contributed by atoms with E-state index >= 15 is 0 Å². The average Bonchev–Trinajstić information content (AvgIpc) is 3.07. The van der Waals surface area contributed by atoms with Gasteiger partial charge in [0.2, 0.25) is 0 Å². The van der Waals surface area contributed by atoms with Crippen LogP contribution in [0, 0.1) is 17.2 Å². The van der Waals surface area contributed by atoms with Crippen LogP contribution in [0.4, 0.5) is 4.79 Å². The van der Waals surface area contributed by atoms with Gasteiger partial charge in [0, 0.05) is 17.0 Å². The highest BCUT2D eigenvalue weighted by Crippen LogP contribution is 2.44. The van der Waals surface area contributed by atoms with Crippen LogP contribution in [0.5, 0.6) is 0 Å². The van der Waals surface area contributed by atoms with Gasteiger partial charge in [-0.05, 0) is 30.5 Å². The molecule has 148 valence electrons. The number of hydrogen-bond donors (Lipinski definition) is 1. The number of amides is 2. The fourth-order valence-corrected chi connectivity index (χ4v) is 4.86. The number of ether oxygens (including phenoxy) is 1. The maximum absolute atomic E-state index is 12.5. The highest BCUT2D eigenvalue weighted by Gasteiger charge is 2.40. The molecule has 2 aliphatic rings. The number of hydrogen-bond acceptors (Lipinski definition) is 5. The minimum absolute atomic E-state index is 0.189. The molecule has 2 unspecified atom stereocenters. The molecular formula is C21H25N3O3S. The Morgan fingerprint density at radius 2 is 2.11 bits per heavy atom. The normalized spacial score (nSPS) is 21.1. The molecule has 2 heterocycles. The van der Waals surface area contributed by atoms with Crippen molar-refractivity contribution in [1.82, 2.24) is 10.2 Å². The van der Waals surface area contributed by atoms with E-state index in [0.717, 1.165) is 29.7 Å². The zero-order valence-corrected chi connectivity index (χ0v) is 16.8. The summed E-state index contributed by atoms with van der Waals surface area (Å²) in [5.74, 6) is -0.555. The maximum atomic E-state index is 12.5. The quantitative estimate of drug-likeness (QED) is 0.733. The zero-order valence-electron chi connectivity index (χ0n) is 16.0. The number of nitrogens with zero attached hydrogens (tertiary/aromatic N) is 2. The first kappa shape index (κ1) is 20.3. The first-order valence-electron chi connectivity index (χ1n) is 9.69. The predicted molar refractivity (Wildman–Crippen MR) is 108 cm³/mol. The van der Waals surface area contributed by atoms with E-state index in [0.29, 0.717) is 31.7 Å². The van der Waals surface area contributed by atoms with Crippen molar-refractivity contribution in [2.45, 2.75) is 38.0 Å². The van der Waals surface area contributed by atoms with Gasteiger partial charge in [-0.3, -0.25) is 4.79 Å². The summed E-state index contributed by atoms with van der Waals surface area (Å²) < 4.78 is 5.35. The average molecular weight is 400 g/mol. The van der Waals surface area contributed by atoms with Crippen LogP contribution in [0.15, 0.2) is 40.8 Å². The van der Waals surface area contributed by atoms with Crippen LogP contribution in [0.3, 0.4) is 0 Å². The number of unbranched alkanes of at least 4 members (excludes halogenated alkanes) is 2. The summed E-state index contributed by atoms with van der Waals surface area (Å²) in [6.07, 6.45) is 3.35. The van der Waals surface area contributed by atoms with Crippen LogP contribution >= 0.6 is 11.8 Å². The molecule has 0 saturated carbocycles. The van der Waals surface area contributed by atoms with Crippen molar-refractivity contribution in [1.29, 1.82) is 5.26 Å². The van der Waals surface area contributed by atoms with Crippen LogP contribution in [0.1, 0.15) is 43.0 Å². The number of nitrogens with one attached hydrogen (secondary N) is 1. The summed E-state index contributed by atoms with van der Waals surface area (Å²) in [4.78, 5) is 27.4. The minimum atomic E-state index is -0.365. The van der Waals surface area contributed by atoms with Gasteiger partial charge in [0.05, 0.1) is 30.5 Å². The fourth-order valence-electron chi connectivity index (χ4n) is 3.41. The fraction of sp³-hybridized carbons (Fsp3) is 0.476. The first-order chi connectivity index (χ1) is 13.6. The van der Waals surface area contributed by atoms with E-state index in [4.69, 9.17) is 4.74 Å². The van der Waals surface area contributed by atoms with Gasteiger partial charge in [0.25, 0.3) is 5.91 Å². The first-order valence-corrected chi connectivity index (χ1v) is 10.6. The van der Waals surface area contributed by atoms with E-state index in [-0.39, 0.29) is 23.3 Å². The van der Waals surface area contributed by atoms with Crippen molar-refractivity contribution in [2.75, 3.05) is 19.7 Å². The van der Waals surface area contributed by atoms with Crippen molar-refractivity contribution >= 4 is 23.8 Å². The van der Waals surface area contributed by atoms with Gasteiger partial charge in [0.1, 0.15) is 0 Å². The lowest BCUT2D eigenvalue weighted by molar-refractivity contribution is 0.0947. The van der Waals surface area contributed by atoms with Gasteiger partial charge in [-0.25, -0.2) is 4.79 Å². The summed E-state index contributed by atoms with van der Waals surface area (Å²) in [6, 6.07) is 11.3. The largest absolute Gasteiger partial charge is 0.449 e. The van der Waals surface area contributed by atoms with Gasteiger partial charge < -0.3 is 15.0 Å². The minimum Gasteiger partial charge on any atom is -0.449 e. The van der Waals surface area contributed by atoms with E-state index in [1.165, 1.54) is 11.8 Å². The van der Waals surface area contributed by atoms with E-state index in [1.54, 1.807) is 17.0 Å². The molecule has 28 heavy (non-hydrogen) atoms. The molecule has 0 fully saturated rings. The lowest BCUT2D eigenvalue weighted by Crippen LogP contribution is -2.37. The molecular weight excluding hydrogens is 374 g/mol. The topological polar surface area (TPSA) is 82.4 Å². The van der Waals surface area contributed by atoms with Gasteiger partial charge in [-0.1, -0.05) is 38.0 Å². The number of benzene rings is 1. The Kier molecular flexibility index (Phi) is 6.99. The van der Waals surface area contributed by atoms with Crippen LogP contribution in [-0.2, 0) is 4.74 Å². The maximum Gasteiger partial charge on any atom is 0.410 e. The Morgan fingerprint density at radius 3 is 2.82 bits per heavy atom. The standard InChI is InChI=1S/C21H25N3O3S/c1-2-3-7-12-27-21(26)24-11-10-16-17(13-22)20(28-18(16)14-24)23-19(25)15-8-5-4-6-9-15/h4-6,8-9,17,20H,2-3,7,10-12,14H2,1H3,(H,23,25). The molecule has 6 nitrogen and oxygen atoms in total. The van der Waals surface area contributed by atoms with Gasteiger partial charge in [0.15, 0.2) is 0 Å². The molecule has 1 aromatic carbocycles. The molecule has 0 spiro atoms. The molecule has 2 amide bonds. The second kappa shape index (κ2) is 9.65. The second-order valence-corrected chi connectivity index (χ2v) is 8.16. The molecule has 1 aromatic rings. The molecule has 2 aliphatic heterocycles. The number of rotatable bonds is 6. The van der Waals surface area contributed by atoms with Crippen LogP contribution in [0.2, 0.25) is 0 Å². The number of nitriles is 1. The van der Waals surface area contributed by atoms with E-state index in [9.17, 15) is 14.9 Å². The monoisotopic (exact) mass is 399 g/mol. The highest BCUT2D eigenvalue weighted by molar-refractivity contribution is 8.04. The lowest BCUT2D eigenvalue weighted by atomic mass is 9.94. The second-order valence-electron chi connectivity index (χ2n) is 6.93. The van der Waals surface area contributed by atoms with Crippen molar-refractivity contribution < 1.29 is 14.3 Å². The molecule has 1 N–H and O–H groups in total. The Labute approximate surface area is 169 Å². The zero-order chi connectivity index (χ0) is 19.9. The third-order valence-corrected chi connectivity index (χ3v) is 6.29. The Balaban J connectivity index is 1.59. The summed E-state index contributed by atoms with van der Waals surface area (Å²) in [5, 5.41) is 12.3. The summed E-state index contributed by atoms with van der Waals surface area (Å²) in [5.41, 5.74) is 1.61. The summed E-state index contributed by atoms with van der Waals surface area (Å²) in [7, 11) is 0. The van der Waals surface area contributed by atoms with Gasteiger partial charge >= 0.3 is 6.09 Å². The van der Waals surface area contributed by atoms with Gasteiger partial charge in [-0.2, -0.15) is 5.26 Å². The highest BCUT2D eigenvalue weighted by atomic mass is 32.2. The molecule has 0 saturated heterocycles. The third kappa shape index (κ3) is 4.68. The van der Waals surface area contributed by atoms with E-state index in [1.807, 2.05) is 18.2 Å². The Hall–Kier alpha value is -2.46. The smallest absolute Gasteiger partial charge is 0.410 e. The Bertz CT molecular complexity index is 788. The molecule has 3 rings (SSSR count). The van der Waals surface area contributed by atoms with Crippen LogP contribution < -0.4 is 5.32 Å². The van der Waals surface area contributed by atoms with Crippen molar-refractivity contribution in [3.8, 4) is 6.07 Å². The van der Waals surface area contributed by atoms with E-state index < -0.39 is 0 Å². The summed E-state index contributed by atoms with van der Waals surface area (Å²) >= 11 is 1.48. The third-order valence-electron chi connectivity index (χ3n) is 4.97. The van der Waals surface area contributed by atoms with Gasteiger partial charge in [-0.15, -0.1) is 11.8 Å². The molecule has 0 aromatic heterocycles. The lowest BCUT2D eigenvalue weighted by Gasteiger charge is -2.27. The van der Waals surface area contributed by atoms with E-state index in [2.05, 4.69) is 18.3 Å². The van der Waals surface area contributed by atoms with Crippen LogP contribution in [0.25, 0.3) is 0 Å². The molecule has 2 atom stereocenters. The number of thioether (sulfide) groups is 1. The molecule has 0 bridgehead atoms. The van der Waals surface area contributed by atoms with Crippen molar-refractivity contribution in [3.05, 3.63) is 46.4 Å². The number of carbonyl (C=O) groups excluding carboxylic acids is 2. The number of carbonyl (C=O) groups is 2. The Morgan fingerprint density at radius 1 is 1.32 bits per heavy atom. The summed E-state index contributed by atoms with van der Waals surface area (Å²) in [6.45, 7) is 3.54.